The summed E-state index contributed by atoms with van der Waals surface area (Å²) in [6.07, 6.45) is 5.03. The van der Waals surface area contributed by atoms with E-state index in [2.05, 4.69) is 0 Å². The molecule has 1 aromatic carbocycles. The third kappa shape index (κ3) is 3.90. The van der Waals surface area contributed by atoms with Crippen molar-refractivity contribution in [3.05, 3.63) is 87.3 Å². The topological polar surface area (TPSA) is 77.2 Å². The molecule has 3 aromatic rings. The Balaban J connectivity index is 1.32. The number of nitrogens with zero attached hydrogens (tertiary/aromatic N) is 4. The highest BCUT2D eigenvalue weighted by molar-refractivity contribution is 5.76. The van der Waals surface area contributed by atoms with Crippen LogP contribution in [0.5, 0.6) is 0 Å². The van der Waals surface area contributed by atoms with Crippen LogP contribution in [0, 0.1) is 5.41 Å². The van der Waals surface area contributed by atoms with Crippen molar-refractivity contribution < 1.29 is 4.79 Å². The zero-order valence-corrected chi connectivity index (χ0v) is 17.9. The number of carbonyl (C=O) groups excluding carboxylic acids is 1. The molecule has 7 nitrogen and oxygen atoms in total. The zero-order chi connectivity index (χ0) is 22.1. The maximum absolute atomic E-state index is 12.9. The lowest BCUT2D eigenvalue weighted by molar-refractivity contribution is -0.131. The minimum atomic E-state index is -0.167. The van der Waals surface area contributed by atoms with E-state index in [4.69, 9.17) is 4.98 Å². The average Bonchev–Trinajstić information content (AvgIpc) is 3.14. The van der Waals surface area contributed by atoms with Crippen molar-refractivity contribution in [1.29, 1.82) is 0 Å². The van der Waals surface area contributed by atoms with Crippen LogP contribution in [0.1, 0.15) is 25.1 Å². The second-order valence-electron chi connectivity index (χ2n) is 8.90. The second-order valence-corrected chi connectivity index (χ2v) is 8.90. The summed E-state index contributed by atoms with van der Waals surface area (Å²) in [5, 5.41) is 0. The predicted molar refractivity (Wildman–Crippen MR) is 121 cm³/mol. The highest BCUT2D eigenvalue weighted by Gasteiger charge is 2.41. The maximum Gasteiger partial charge on any atom is 0.254 e. The molecule has 1 saturated heterocycles. The first kappa shape index (κ1) is 20.4. The highest BCUT2D eigenvalue weighted by atomic mass is 16.2. The monoisotopic (exact) mass is 430 g/mol. The van der Waals surface area contributed by atoms with Gasteiger partial charge in [-0.2, -0.15) is 0 Å². The fourth-order valence-electron chi connectivity index (χ4n) is 4.98. The molecular weight excluding hydrogens is 404 g/mol. The number of likely N-dealkylation sites (tertiary alicyclic amines) is 1. The smallest absolute Gasteiger partial charge is 0.254 e. The van der Waals surface area contributed by atoms with Crippen LogP contribution < -0.4 is 11.1 Å². The van der Waals surface area contributed by atoms with E-state index in [1.807, 2.05) is 35.2 Å². The van der Waals surface area contributed by atoms with Gasteiger partial charge in [0.05, 0.1) is 5.69 Å². The number of rotatable bonds is 3. The summed E-state index contributed by atoms with van der Waals surface area (Å²) in [6, 6.07) is 16.3. The number of carbonyl (C=O) groups is 1. The van der Waals surface area contributed by atoms with Gasteiger partial charge < -0.3 is 9.47 Å². The molecule has 4 heterocycles. The molecule has 0 radical (unpaired) electrons. The first-order valence-corrected chi connectivity index (χ1v) is 11.1. The Kier molecular flexibility index (Phi) is 5.25. The summed E-state index contributed by atoms with van der Waals surface area (Å²) in [6.45, 7) is 2.05. The van der Waals surface area contributed by atoms with Crippen molar-refractivity contribution in [2.45, 2.75) is 38.8 Å². The fourth-order valence-corrected chi connectivity index (χ4v) is 4.98. The Morgan fingerprint density at radius 3 is 2.53 bits per heavy atom. The molecule has 0 saturated carbocycles. The van der Waals surface area contributed by atoms with Gasteiger partial charge in [0, 0.05) is 49.9 Å². The SMILES string of the molecule is O=C(Cn1ccccc1=O)N1CCC2(CCc3nc(-c4ccccc4)cc(=O)n3CC2)C1. The minimum absolute atomic E-state index is 0.00956. The summed E-state index contributed by atoms with van der Waals surface area (Å²) in [7, 11) is 0. The summed E-state index contributed by atoms with van der Waals surface area (Å²) >= 11 is 0. The van der Waals surface area contributed by atoms with Crippen LogP contribution in [0.3, 0.4) is 0 Å². The van der Waals surface area contributed by atoms with Crippen molar-refractivity contribution in [2.24, 2.45) is 5.41 Å². The van der Waals surface area contributed by atoms with Crippen LogP contribution in [0.25, 0.3) is 11.3 Å². The molecule has 0 N–H and O–H groups in total. The van der Waals surface area contributed by atoms with Crippen LogP contribution in [-0.2, 0) is 24.3 Å². The van der Waals surface area contributed by atoms with Crippen LogP contribution in [-0.4, -0.2) is 38.0 Å². The fraction of sp³-hybridized carbons (Fsp3) is 0.360. The number of hydrogen-bond acceptors (Lipinski definition) is 4. The molecule has 5 rings (SSSR count). The Morgan fingerprint density at radius 1 is 0.938 bits per heavy atom. The first-order chi connectivity index (χ1) is 15.5. The maximum atomic E-state index is 12.9. The van der Waals surface area contributed by atoms with E-state index < -0.39 is 0 Å². The number of pyridine rings is 1. The van der Waals surface area contributed by atoms with Gasteiger partial charge in [0.25, 0.3) is 11.1 Å². The van der Waals surface area contributed by atoms with Crippen molar-refractivity contribution in [1.82, 2.24) is 19.0 Å². The molecule has 32 heavy (non-hydrogen) atoms. The number of aromatic nitrogens is 3. The number of hydrogen-bond donors (Lipinski definition) is 0. The summed E-state index contributed by atoms with van der Waals surface area (Å²) < 4.78 is 3.25. The van der Waals surface area contributed by atoms with E-state index in [-0.39, 0.29) is 29.0 Å². The molecule has 1 fully saturated rings. The van der Waals surface area contributed by atoms with Gasteiger partial charge in [0.15, 0.2) is 0 Å². The first-order valence-electron chi connectivity index (χ1n) is 11.1. The summed E-state index contributed by atoms with van der Waals surface area (Å²) in [5.41, 5.74) is 1.47. The Hall–Kier alpha value is -3.48. The quantitative estimate of drug-likeness (QED) is 0.639. The highest BCUT2D eigenvalue weighted by Crippen LogP contribution is 2.40. The molecule has 0 bridgehead atoms. The van der Waals surface area contributed by atoms with Crippen molar-refractivity contribution in [3.63, 3.8) is 0 Å². The van der Waals surface area contributed by atoms with Crippen LogP contribution in [0.15, 0.2) is 70.4 Å². The van der Waals surface area contributed by atoms with Crippen LogP contribution in [0.4, 0.5) is 0 Å². The normalized spacial score (nSPS) is 20.2. The number of fused-ring (bicyclic) bond motifs is 1. The van der Waals surface area contributed by atoms with E-state index in [1.54, 1.807) is 29.0 Å². The largest absolute Gasteiger partial charge is 0.341 e. The van der Waals surface area contributed by atoms with Crippen molar-refractivity contribution >= 4 is 5.91 Å². The van der Waals surface area contributed by atoms with Gasteiger partial charge >= 0.3 is 0 Å². The molecule has 7 heteroatoms. The summed E-state index contributed by atoms with van der Waals surface area (Å²) in [5.74, 6) is 0.799. The van der Waals surface area contributed by atoms with E-state index in [0.717, 1.165) is 37.1 Å². The molecule has 1 atom stereocenters. The van der Waals surface area contributed by atoms with Gasteiger partial charge in [-0.1, -0.05) is 36.4 Å². The van der Waals surface area contributed by atoms with Gasteiger partial charge in [-0.15, -0.1) is 0 Å². The molecule has 1 amide bonds. The molecule has 164 valence electrons. The molecule has 2 aliphatic rings. The van der Waals surface area contributed by atoms with E-state index in [0.29, 0.717) is 25.3 Å². The van der Waals surface area contributed by atoms with Gasteiger partial charge in [-0.05, 0) is 30.7 Å². The molecular formula is C25H26N4O3. The average molecular weight is 431 g/mol. The number of aryl methyl sites for hydroxylation is 1. The molecule has 2 aliphatic heterocycles. The lowest BCUT2D eigenvalue weighted by atomic mass is 9.80. The Morgan fingerprint density at radius 2 is 1.72 bits per heavy atom. The number of amides is 1. The molecule has 2 aromatic heterocycles. The van der Waals surface area contributed by atoms with Crippen molar-refractivity contribution in [3.8, 4) is 11.3 Å². The Bertz CT molecular complexity index is 1260. The lowest BCUT2D eigenvalue weighted by Crippen LogP contribution is -2.36. The van der Waals surface area contributed by atoms with Gasteiger partial charge in [-0.25, -0.2) is 4.98 Å². The second kappa shape index (κ2) is 8.22. The molecule has 1 spiro atoms. The summed E-state index contributed by atoms with van der Waals surface area (Å²) in [4.78, 5) is 44.3. The number of benzene rings is 1. The van der Waals surface area contributed by atoms with E-state index in [9.17, 15) is 14.4 Å². The van der Waals surface area contributed by atoms with Crippen LogP contribution >= 0.6 is 0 Å². The van der Waals surface area contributed by atoms with Gasteiger partial charge in [0.2, 0.25) is 5.91 Å². The standard InChI is InChI=1S/C25H26N4O3/c30-22-8-4-5-13-27(22)17-24(32)28-14-11-25(18-28)10-9-21-26-20(19-6-2-1-3-7-19)16-23(31)29(21)15-12-25/h1-8,13,16H,9-12,14-15,17-18H2. The zero-order valence-electron chi connectivity index (χ0n) is 17.9. The predicted octanol–water partition coefficient (Wildman–Crippen LogP) is 2.33. The minimum Gasteiger partial charge on any atom is -0.341 e. The van der Waals surface area contributed by atoms with Crippen molar-refractivity contribution in [2.75, 3.05) is 13.1 Å². The molecule has 0 aliphatic carbocycles. The third-order valence-corrected chi connectivity index (χ3v) is 6.90. The van der Waals surface area contributed by atoms with Gasteiger partial charge in [0.1, 0.15) is 12.4 Å². The Labute approximate surface area is 186 Å². The van der Waals surface area contributed by atoms with E-state index in [1.165, 1.54) is 10.6 Å². The van der Waals surface area contributed by atoms with Crippen LogP contribution in [0.2, 0.25) is 0 Å². The van der Waals surface area contributed by atoms with E-state index >= 15 is 0 Å². The third-order valence-electron chi connectivity index (χ3n) is 6.90. The lowest BCUT2D eigenvalue weighted by Gasteiger charge is -2.27. The molecule has 1 unspecified atom stereocenters. The van der Waals surface area contributed by atoms with Gasteiger partial charge in [-0.3, -0.25) is 19.0 Å².